The average Bonchev–Trinajstić information content (AvgIpc) is 3.30. The molecule has 1 saturated heterocycles. The molecule has 1 N–H and O–H groups in total. The second kappa shape index (κ2) is 9.08. The minimum atomic E-state index is -0.0444. The van der Waals surface area contributed by atoms with Crippen LogP contribution in [-0.2, 0) is 6.54 Å². The van der Waals surface area contributed by atoms with Gasteiger partial charge >= 0.3 is 0 Å². The van der Waals surface area contributed by atoms with Gasteiger partial charge in [-0.05, 0) is 85.7 Å². The molecule has 166 valence electrons. The first-order chi connectivity index (χ1) is 16.0. The molecule has 0 amide bonds. The lowest BCUT2D eigenvalue weighted by Gasteiger charge is -2.28. The zero-order valence-electron chi connectivity index (χ0n) is 18.4. The largest absolute Gasteiger partial charge is 0.352 e. The van der Waals surface area contributed by atoms with E-state index in [2.05, 4.69) is 84.9 Å². The summed E-state index contributed by atoms with van der Waals surface area (Å²) < 4.78 is 3.37. The molecule has 0 spiro atoms. The summed E-state index contributed by atoms with van der Waals surface area (Å²) in [6.07, 6.45) is 5.49. The van der Waals surface area contributed by atoms with Gasteiger partial charge in [-0.15, -0.1) is 0 Å². The van der Waals surface area contributed by atoms with Crippen molar-refractivity contribution in [2.75, 3.05) is 0 Å². The topological polar surface area (TPSA) is 46.0 Å². The van der Waals surface area contributed by atoms with Crippen molar-refractivity contribution < 1.29 is 0 Å². The molecule has 2 atom stereocenters. The number of pyridine rings is 2. The van der Waals surface area contributed by atoms with Gasteiger partial charge in [-0.25, -0.2) is 0 Å². The van der Waals surface area contributed by atoms with E-state index in [1.54, 1.807) is 0 Å². The van der Waals surface area contributed by atoms with Crippen molar-refractivity contribution in [2.24, 2.45) is 0 Å². The van der Waals surface area contributed by atoms with Crippen LogP contribution in [0.1, 0.15) is 40.3 Å². The molecule has 0 unspecified atom stereocenters. The van der Waals surface area contributed by atoms with E-state index < -0.39 is 0 Å². The predicted molar refractivity (Wildman–Crippen MR) is 138 cm³/mol. The Labute approximate surface area is 207 Å². The lowest BCUT2D eigenvalue weighted by atomic mass is 9.96. The summed E-state index contributed by atoms with van der Waals surface area (Å²) in [6, 6.07) is 20.8. The molecule has 5 nitrogen and oxygen atoms in total. The Morgan fingerprint density at radius 3 is 2.55 bits per heavy atom. The van der Waals surface area contributed by atoms with Crippen LogP contribution in [-0.4, -0.2) is 24.5 Å². The number of nitrogens with zero attached hydrogens (tertiary/aromatic N) is 4. The average molecular weight is 518 g/mol. The highest BCUT2D eigenvalue weighted by Gasteiger charge is 2.41. The Kier molecular flexibility index (Phi) is 6.00. The maximum absolute atomic E-state index is 5.85. The maximum atomic E-state index is 5.85. The first kappa shape index (κ1) is 21.8. The molecule has 0 aliphatic carbocycles. The van der Waals surface area contributed by atoms with E-state index in [4.69, 9.17) is 12.2 Å². The van der Waals surface area contributed by atoms with Crippen molar-refractivity contribution in [1.29, 1.82) is 0 Å². The van der Waals surface area contributed by atoms with Crippen LogP contribution >= 0.6 is 28.1 Å². The third kappa shape index (κ3) is 4.18. The minimum Gasteiger partial charge on any atom is -0.352 e. The summed E-state index contributed by atoms with van der Waals surface area (Å²) in [4.78, 5) is 11.1. The van der Waals surface area contributed by atoms with Gasteiger partial charge in [-0.2, -0.15) is 0 Å². The SMILES string of the molecule is Cc1cc([C@H]2[C@@H](c3ccccn3)NC(=S)N2Cc2ccncc2)c(C)n1-c1cccc(Br)c1. The predicted octanol–water partition coefficient (Wildman–Crippen LogP) is 5.82. The van der Waals surface area contributed by atoms with Gasteiger partial charge in [0.25, 0.3) is 0 Å². The monoisotopic (exact) mass is 517 g/mol. The number of halogens is 1. The van der Waals surface area contributed by atoms with E-state index in [0.717, 1.165) is 21.0 Å². The third-order valence-corrected chi connectivity index (χ3v) is 7.00. The van der Waals surface area contributed by atoms with Crippen molar-refractivity contribution in [3.05, 3.63) is 112 Å². The highest BCUT2D eigenvalue weighted by atomic mass is 79.9. The fourth-order valence-electron chi connectivity index (χ4n) is 4.70. The summed E-state index contributed by atoms with van der Waals surface area (Å²) in [5, 5.41) is 4.29. The second-order valence-corrected chi connectivity index (χ2v) is 9.55. The van der Waals surface area contributed by atoms with Gasteiger partial charge in [-0.1, -0.05) is 28.1 Å². The minimum absolute atomic E-state index is 0.00710. The van der Waals surface area contributed by atoms with Crippen molar-refractivity contribution in [3.63, 3.8) is 0 Å². The van der Waals surface area contributed by atoms with Gasteiger partial charge in [0, 0.05) is 46.7 Å². The first-order valence-electron chi connectivity index (χ1n) is 10.8. The molecule has 5 rings (SSSR count). The Morgan fingerprint density at radius 2 is 1.82 bits per heavy atom. The van der Waals surface area contributed by atoms with E-state index in [0.29, 0.717) is 6.54 Å². The standard InChI is InChI=1S/C26H24BrN5S/c1-17-14-22(18(2)32(17)21-7-5-6-20(27)15-21)25-24(23-8-3-4-11-29-23)30-26(33)31(25)16-19-9-12-28-13-10-19/h3-15,24-25H,16H2,1-2H3,(H,30,33)/t24-,25+/m1/s1. The Bertz CT molecular complexity index is 1290. The number of aryl methyl sites for hydroxylation is 1. The normalized spacial score (nSPS) is 17.9. The number of nitrogens with one attached hydrogen (secondary N) is 1. The number of aromatic nitrogens is 3. The fourth-order valence-corrected chi connectivity index (χ4v) is 5.39. The zero-order chi connectivity index (χ0) is 22.9. The molecule has 4 heterocycles. The molecule has 7 heteroatoms. The van der Waals surface area contributed by atoms with Crippen molar-refractivity contribution in [3.8, 4) is 5.69 Å². The van der Waals surface area contributed by atoms with Crippen LogP contribution in [0.5, 0.6) is 0 Å². The van der Waals surface area contributed by atoms with Crippen LogP contribution < -0.4 is 5.32 Å². The highest BCUT2D eigenvalue weighted by Crippen LogP contribution is 2.42. The highest BCUT2D eigenvalue weighted by molar-refractivity contribution is 9.10. The van der Waals surface area contributed by atoms with Gasteiger partial charge in [0.1, 0.15) is 0 Å². The molecule has 4 aromatic rings. The molecular formula is C26H24BrN5S. The Hall–Kier alpha value is -3.03. The van der Waals surface area contributed by atoms with Crippen LogP contribution in [0, 0.1) is 13.8 Å². The van der Waals surface area contributed by atoms with Gasteiger partial charge < -0.3 is 14.8 Å². The lowest BCUT2D eigenvalue weighted by molar-refractivity contribution is 0.310. The summed E-state index contributed by atoms with van der Waals surface area (Å²) in [6.45, 7) is 5.04. The van der Waals surface area contributed by atoms with E-state index >= 15 is 0 Å². The molecule has 3 aromatic heterocycles. The van der Waals surface area contributed by atoms with Gasteiger partial charge in [0.15, 0.2) is 5.11 Å². The first-order valence-corrected chi connectivity index (χ1v) is 12.0. The molecular weight excluding hydrogens is 494 g/mol. The van der Waals surface area contributed by atoms with Crippen LogP contribution in [0.3, 0.4) is 0 Å². The number of benzene rings is 1. The smallest absolute Gasteiger partial charge is 0.170 e. The van der Waals surface area contributed by atoms with Gasteiger partial charge in [-0.3, -0.25) is 9.97 Å². The quantitative estimate of drug-likeness (QED) is 0.338. The number of thiocarbonyl (C=S) groups is 1. The van der Waals surface area contributed by atoms with Crippen LogP contribution in [0.25, 0.3) is 5.69 Å². The number of rotatable bonds is 5. The van der Waals surface area contributed by atoms with Gasteiger partial charge in [0.05, 0.1) is 17.8 Å². The van der Waals surface area contributed by atoms with Crippen molar-refractivity contribution in [1.82, 2.24) is 24.8 Å². The second-order valence-electron chi connectivity index (χ2n) is 8.25. The molecule has 1 aromatic carbocycles. The summed E-state index contributed by atoms with van der Waals surface area (Å²) in [5.74, 6) is 0. The number of hydrogen-bond acceptors (Lipinski definition) is 3. The molecule has 0 radical (unpaired) electrons. The third-order valence-electron chi connectivity index (χ3n) is 6.16. The van der Waals surface area contributed by atoms with E-state index in [1.807, 2.05) is 48.9 Å². The molecule has 0 bridgehead atoms. The van der Waals surface area contributed by atoms with Crippen LogP contribution in [0.2, 0.25) is 0 Å². The molecule has 33 heavy (non-hydrogen) atoms. The maximum Gasteiger partial charge on any atom is 0.170 e. The lowest BCUT2D eigenvalue weighted by Crippen LogP contribution is -2.29. The molecule has 1 aliphatic rings. The van der Waals surface area contributed by atoms with Gasteiger partial charge in [0.2, 0.25) is 0 Å². The summed E-state index contributed by atoms with van der Waals surface area (Å²) in [7, 11) is 0. The number of hydrogen-bond donors (Lipinski definition) is 1. The molecule has 0 saturated carbocycles. The van der Waals surface area contributed by atoms with E-state index in [9.17, 15) is 0 Å². The van der Waals surface area contributed by atoms with Crippen LogP contribution in [0.15, 0.2) is 83.7 Å². The summed E-state index contributed by atoms with van der Waals surface area (Å²) in [5.41, 5.74) is 6.90. The summed E-state index contributed by atoms with van der Waals surface area (Å²) >= 11 is 9.46. The molecule has 1 fully saturated rings. The van der Waals surface area contributed by atoms with E-state index in [-0.39, 0.29) is 12.1 Å². The van der Waals surface area contributed by atoms with Crippen molar-refractivity contribution >= 4 is 33.3 Å². The van der Waals surface area contributed by atoms with E-state index in [1.165, 1.54) is 22.5 Å². The Morgan fingerprint density at radius 1 is 1.00 bits per heavy atom. The Balaban J connectivity index is 1.62. The van der Waals surface area contributed by atoms with Crippen molar-refractivity contribution in [2.45, 2.75) is 32.5 Å². The fraction of sp³-hybridized carbons (Fsp3) is 0.192. The molecule has 1 aliphatic heterocycles. The van der Waals surface area contributed by atoms with Crippen LogP contribution in [0.4, 0.5) is 0 Å². The zero-order valence-corrected chi connectivity index (χ0v) is 20.8.